The number of morpholine rings is 1. The maximum Gasteiger partial charge on any atom is 0.315 e. The van der Waals surface area contributed by atoms with Crippen LogP contribution in [-0.2, 0) is 20.7 Å². The van der Waals surface area contributed by atoms with Gasteiger partial charge in [0.15, 0.2) is 0 Å². The van der Waals surface area contributed by atoms with Crippen molar-refractivity contribution in [2.45, 2.75) is 13.3 Å². The molecule has 0 unspecified atom stereocenters. The van der Waals surface area contributed by atoms with Crippen LogP contribution in [0.15, 0.2) is 4.42 Å². The van der Waals surface area contributed by atoms with Crippen molar-refractivity contribution in [2.75, 3.05) is 37.8 Å². The average Bonchev–Trinajstić information content (AvgIpc) is 2.83. The molecule has 2 rings (SSSR count). The highest BCUT2D eigenvalue weighted by Gasteiger charge is 2.22. The van der Waals surface area contributed by atoms with Crippen molar-refractivity contribution in [1.29, 1.82) is 5.26 Å². The van der Waals surface area contributed by atoms with Crippen LogP contribution in [-0.4, -0.2) is 43.9 Å². The Morgan fingerprint density at radius 2 is 2.26 bits per heavy atom. The minimum atomic E-state index is -0.415. The Hall–Kier alpha value is -2.07. The summed E-state index contributed by atoms with van der Waals surface area (Å²) in [5.74, 6) is 0.198. The van der Waals surface area contributed by atoms with Gasteiger partial charge < -0.3 is 18.8 Å². The van der Waals surface area contributed by atoms with E-state index in [1.807, 2.05) is 11.0 Å². The summed E-state index contributed by atoms with van der Waals surface area (Å²) in [5.41, 5.74) is 0.196. The summed E-state index contributed by atoms with van der Waals surface area (Å²) in [7, 11) is 0. The first-order valence-electron chi connectivity index (χ1n) is 6.12. The lowest BCUT2D eigenvalue weighted by atomic mass is 10.4. The lowest BCUT2D eigenvalue weighted by Gasteiger charge is -2.25. The van der Waals surface area contributed by atoms with E-state index in [4.69, 9.17) is 19.2 Å². The van der Waals surface area contributed by atoms with E-state index in [0.29, 0.717) is 38.8 Å². The molecular weight excluding hydrogens is 250 g/mol. The molecule has 2 heterocycles. The topological polar surface area (TPSA) is 88.6 Å². The predicted octanol–water partition coefficient (Wildman–Crippen LogP) is 0.488. The number of nitrogens with zero attached hydrogens (tertiary/aromatic N) is 3. The molecule has 1 aromatic heterocycles. The molecule has 1 fully saturated rings. The van der Waals surface area contributed by atoms with Gasteiger partial charge in [0.1, 0.15) is 12.5 Å². The Balaban J connectivity index is 2.13. The molecule has 102 valence electrons. The normalized spacial score (nSPS) is 15.1. The molecule has 0 bridgehead atoms. The van der Waals surface area contributed by atoms with E-state index >= 15 is 0 Å². The fraction of sp³-hybridized carbons (Fsp3) is 0.583. The molecule has 0 N–H and O–H groups in total. The number of hydrogen-bond acceptors (Lipinski definition) is 7. The molecule has 0 radical (unpaired) electrons. The van der Waals surface area contributed by atoms with Gasteiger partial charge in [0.05, 0.1) is 19.8 Å². The summed E-state index contributed by atoms with van der Waals surface area (Å²) in [6.07, 6.45) is -0.0626. The Labute approximate surface area is 110 Å². The number of aromatic nitrogens is 1. The monoisotopic (exact) mass is 265 g/mol. The third-order valence-corrected chi connectivity index (χ3v) is 2.66. The van der Waals surface area contributed by atoms with Crippen molar-refractivity contribution >= 4 is 11.9 Å². The molecule has 19 heavy (non-hydrogen) atoms. The summed E-state index contributed by atoms with van der Waals surface area (Å²) in [6, 6.07) is 1.98. The smallest absolute Gasteiger partial charge is 0.315 e. The molecule has 7 heteroatoms. The van der Waals surface area contributed by atoms with Crippen molar-refractivity contribution < 1.29 is 18.7 Å². The number of ether oxygens (including phenoxy) is 2. The van der Waals surface area contributed by atoms with Crippen LogP contribution in [0.3, 0.4) is 0 Å². The van der Waals surface area contributed by atoms with Crippen LogP contribution >= 0.6 is 0 Å². The van der Waals surface area contributed by atoms with Crippen LogP contribution in [0.2, 0.25) is 0 Å². The fourth-order valence-electron chi connectivity index (χ4n) is 1.82. The Kier molecular flexibility index (Phi) is 4.36. The SMILES string of the molecule is CCOC(=O)Cc1nc(C#N)c(N2CCOCC2)o1. The number of anilines is 1. The molecule has 1 aliphatic heterocycles. The molecule has 0 amide bonds. The molecule has 0 aliphatic carbocycles. The molecule has 7 nitrogen and oxygen atoms in total. The van der Waals surface area contributed by atoms with Crippen molar-refractivity contribution in [3.05, 3.63) is 11.6 Å². The summed E-state index contributed by atoms with van der Waals surface area (Å²) in [4.78, 5) is 17.3. The van der Waals surface area contributed by atoms with Crippen LogP contribution in [0.25, 0.3) is 0 Å². The summed E-state index contributed by atoms with van der Waals surface area (Å²) >= 11 is 0. The molecule has 1 saturated heterocycles. The van der Waals surface area contributed by atoms with Gasteiger partial charge in [0.2, 0.25) is 17.5 Å². The zero-order valence-corrected chi connectivity index (χ0v) is 10.7. The second kappa shape index (κ2) is 6.20. The largest absolute Gasteiger partial charge is 0.466 e. The Morgan fingerprint density at radius 3 is 2.89 bits per heavy atom. The summed E-state index contributed by atoms with van der Waals surface area (Å²) < 4.78 is 15.6. The van der Waals surface area contributed by atoms with E-state index in [0.717, 1.165) is 0 Å². The first kappa shape index (κ1) is 13.4. The minimum absolute atomic E-state index is 0.0626. The molecule has 0 spiro atoms. The first-order valence-corrected chi connectivity index (χ1v) is 6.12. The van der Waals surface area contributed by atoms with Crippen molar-refractivity contribution in [2.24, 2.45) is 0 Å². The predicted molar refractivity (Wildman–Crippen MR) is 64.6 cm³/mol. The average molecular weight is 265 g/mol. The molecule has 1 aromatic rings. The van der Waals surface area contributed by atoms with Gasteiger partial charge in [0.25, 0.3) is 0 Å². The highest BCUT2D eigenvalue weighted by atomic mass is 16.5. The zero-order valence-electron chi connectivity index (χ0n) is 10.7. The third kappa shape index (κ3) is 3.23. The number of rotatable bonds is 4. The van der Waals surface area contributed by atoms with Crippen LogP contribution in [0, 0.1) is 11.3 Å². The second-order valence-electron chi connectivity index (χ2n) is 3.95. The number of oxazole rings is 1. The molecular formula is C12H15N3O4. The van der Waals surface area contributed by atoms with Gasteiger partial charge in [-0.1, -0.05) is 0 Å². The third-order valence-electron chi connectivity index (χ3n) is 2.66. The van der Waals surface area contributed by atoms with E-state index in [-0.39, 0.29) is 18.0 Å². The van der Waals surface area contributed by atoms with Crippen LogP contribution in [0.1, 0.15) is 18.5 Å². The second-order valence-corrected chi connectivity index (χ2v) is 3.95. The van der Waals surface area contributed by atoms with Crippen LogP contribution in [0.5, 0.6) is 0 Å². The Bertz CT molecular complexity index is 486. The maximum atomic E-state index is 11.4. The van der Waals surface area contributed by atoms with Gasteiger partial charge in [-0.2, -0.15) is 10.2 Å². The zero-order chi connectivity index (χ0) is 13.7. The Morgan fingerprint density at radius 1 is 1.53 bits per heavy atom. The van der Waals surface area contributed by atoms with Crippen molar-refractivity contribution in [3.63, 3.8) is 0 Å². The summed E-state index contributed by atoms with van der Waals surface area (Å²) in [5, 5.41) is 9.05. The van der Waals surface area contributed by atoms with E-state index in [2.05, 4.69) is 4.98 Å². The highest BCUT2D eigenvalue weighted by molar-refractivity contribution is 5.71. The molecule has 0 aromatic carbocycles. The minimum Gasteiger partial charge on any atom is -0.466 e. The lowest BCUT2D eigenvalue weighted by Crippen LogP contribution is -2.36. The standard InChI is InChI=1S/C12H15N3O4/c1-2-18-11(16)7-10-14-9(8-13)12(19-10)15-3-5-17-6-4-15/h2-7H2,1H3. The number of nitriles is 1. The summed E-state index contributed by atoms with van der Waals surface area (Å²) in [6.45, 7) is 4.48. The van der Waals surface area contributed by atoms with Gasteiger partial charge in [-0.15, -0.1) is 0 Å². The van der Waals surface area contributed by atoms with Crippen molar-refractivity contribution in [3.8, 4) is 6.07 Å². The van der Waals surface area contributed by atoms with Gasteiger partial charge in [0, 0.05) is 13.1 Å². The lowest BCUT2D eigenvalue weighted by molar-refractivity contribution is -0.142. The van der Waals surface area contributed by atoms with Crippen LogP contribution < -0.4 is 4.90 Å². The maximum absolute atomic E-state index is 11.4. The van der Waals surface area contributed by atoms with Crippen molar-refractivity contribution in [1.82, 2.24) is 4.98 Å². The van der Waals surface area contributed by atoms with E-state index in [1.54, 1.807) is 6.92 Å². The molecule has 0 saturated carbocycles. The van der Waals surface area contributed by atoms with Gasteiger partial charge in [-0.05, 0) is 6.92 Å². The van der Waals surface area contributed by atoms with Gasteiger partial charge in [-0.3, -0.25) is 4.79 Å². The number of esters is 1. The quantitative estimate of drug-likeness (QED) is 0.732. The van der Waals surface area contributed by atoms with E-state index in [1.165, 1.54) is 0 Å². The van der Waals surface area contributed by atoms with Gasteiger partial charge >= 0.3 is 5.97 Å². The molecule has 1 aliphatic rings. The number of carbonyl (C=O) groups is 1. The van der Waals surface area contributed by atoms with E-state index in [9.17, 15) is 4.79 Å². The van der Waals surface area contributed by atoms with E-state index < -0.39 is 5.97 Å². The van der Waals surface area contributed by atoms with Gasteiger partial charge in [-0.25, -0.2) is 0 Å². The number of carbonyl (C=O) groups excluding carboxylic acids is 1. The molecule has 0 atom stereocenters. The van der Waals surface area contributed by atoms with Crippen LogP contribution in [0.4, 0.5) is 5.88 Å². The first-order chi connectivity index (χ1) is 9.24. The number of hydrogen-bond donors (Lipinski definition) is 0. The highest BCUT2D eigenvalue weighted by Crippen LogP contribution is 2.22. The fourth-order valence-corrected chi connectivity index (χ4v) is 1.82.